The zero-order chi connectivity index (χ0) is 16.5. The predicted molar refractivity (Wildman–Crippen MR) is 93.0 cm³/mol. The lowest BCUT2D eigenvalue weighted by molar-refractivity contribution is 0.122. The van der Waals surface area contributed by atoms with E-state index in [0.29, 0.717) is 11.6 Å². The monoisotopic (exact) mass is 324 g/mol. The van der Waals surface area contributed by atoms with Crippen LogP contribution in [0.15, 0.2) is 30.3 Å². The Labute approximate surface area is 140 Å². The minimum absolute atomic E-state index is 0.611. The van der Waals surface area contributed by atoms with Crippen molar-refractivity contribution in [3.63, 3.8) is 0 Å². The van der Waals surface area contributed by atoms with Gasteiger partial charge in [0.05, 0.1) is 13.2 Å². The van der Waals surface area contributed by atoms with Gasteiger partial charge in [-0.2, -0.15) is 9.50 Å². The summed E-state index contributed by atoms with van der Waals surface area (Å²) in [5.74, 6) is 2.18. The number of morpholine rings is 1. The second-order valence-electron chi connectivity index (χ2n) is 5.92. The molecule has 0 amide bonds. The summed E-state index contributed by atoms with van der Waals surface area (Å²) in [5, 5.41) is 7.81. The van der Waals surface area contributed by atoms with Crippen LogP contribution in [0.4, 0.5) is 17.2 Å². The number of ether oxygens (including phenoxy) is 1. The van der Waals surface area contributed by atoms with E-state index in [1.807, 2.05) is 19.9 Å². The summed E-state index contributed by atoms with van der Waals surface area (Å²) >= 11 is 0. The lowest BCUT2D eigenvalue weighted by Gasteiger charge is -2.28. The van der Waals surface area contributed by atoms with Crippen molar-refractivity contribution in [3.05, 3.63) is 41.9 Å². The van der Waals surface area contributed by atoms with Crippen molar-refractivity contribution >= 4 is 23.0 Å². The number of hydrogen-bond donors (Lipinski definition) is 1. The van der Waals surface area contributed by atoms with E-state index in [4.69, 9.17) is 4.74 Å². The molecule has 2 aromatic heterocycles. The van der Waals surface area contributed by atoms with E-state index in [9.17, 15) is 0 Å². The van der Waals surface area contributed by atoms with Crippen LogP contribution >= 0.6 is 0 Å². The number of aromatic nitrogens is 4. The summed E-state index contributed by atoms with van der Waals surface area (Å²) in [7, 11) is 0. The SMILES string of the molecule is Cc1cc(Nc2ccc(N3CCOCC3)cc2)n2nc(C)nc2n1. The number of anilines is 3. The smallest absolute Gasteiger partial charge is 0.254 e. The average Bonchev–Trinajstić information content (AvgIpc) is 2.97. The highest BCUT2D eigenvalue weighted by Gasteiger charge is 2.11. The van der Waals surface area contributed by atoms with Crippen LogP contribution < -0.4 is 10.2 Å². The third kappa shape index (κ3) is 2.90. The minimum atomic E-state index is 0.611. The molecule has 7 heteroatoms. The van der Waals surface area contributed by atoms with Crippen LogP contribution in [0.1, 0.15) is 11.5 Å². The maximum Gasteiger partial charge on any atom is 0.254 e. The lowest BCUT2D eigenvalue weighted by Crippen LogP contribution is -2.36. The maximum atomic E-state index is 5.40. The number of nitrogens with one attached hydrogen (secondary N) is 1. The molecule has 0 spiro atoms. The molecule has 0 saturated carbocycles. The van der Waals surface area contributed by atoms with Gasteiger partial charge in [-0.25, -0.2) is 4.98 Å². The van der Waals surface area contributed by atoms with Crippen molar-refractivity contribution in [2.45, 2.75) is 13.8 Å². The summed E-state index contributed by atoms with van der Waals surface area (Å²) in [4.78, 5) is 11.1. The normalized spacial score (nSPS) is 15.0. The Bertz CT molecular complexity index is 851. The van der Waals surface area contributed by atoms with Gasteiger partial charge in [0.1, 0.15) is 11.6 Å². The van der Waals surface area contributed by atoms with Crippen LogP contribution in [-0.2, 0) is 4.74 Å². The van der Waals surface area contributed by atoms with Crippen LogP contribution in [0, 0.1) is 13.8 Å². The highest BCUT2D eigenvalue weighted by atomic mass is 16.5. The van der Waals surface area contributed by atoms with Gasteiger partial charge in [-0.05, 0) is 38.1 Å². The number of nitrogens with zero attached hydrogens (tertiary/aromatic N) is 5. The molecule has 0 radical (unpaired) electrons. The van der Waals surface area contributed by atoms with E-state index < -0.39 is 0 Å². The molecule has 124 valence electrons. The third-order valence-electron chi connectivity index (χ3n) is 4.06. The second-order valence-corrected chi connectivity index (χ2v) is 5.92. The third-order valence-corrected chi connectivity index (χ3v) is 4.06. The molecule has 1 aliphatic heterocycles. The zero-order valence-corrected chi connectivity index (χ0v) is 13.9. The molecule has 0 atom stereocenters. The van der Waals surface area contributed by atoms with Gasteiger partial charge in [-0.3, -0.25) is 0 Å². The number of rotatable bonds is 3. The van der Waals surface area contributed by atoms with Crippen molar-refractivity contribution in [2.75, 3.05) is 36.5 Å². The van der Waals surface area contributed by atoms with Crippen molar-refractivity contribution in [3.8, 4) is 0 Å². The fourth-order valence-electron chi connectivity index (χ4n) is 2.90. The van der Waals surface area contributed by atoms with E-state index in [0.717, 1.165) is 43.5 Å². The van der Waals surface area contributed by atoms with Gasteiger partial charge < -0.3 is 15.0 Å². The lowest BCUT2D eigenvalue weighted by atomic mass is 10.2. The Morgan fingerprint density at radius 3 is 2.54 bits per heavy atom. The highest BCUT2D eigenvalue weighted by Crippen LogP contribution is 2.22. The van der Waals surface area contributed by atoms with Crippen LogP contribution in [0.3, 0.4) is 0 Å². The Morgan fingerprint density at radius 1 is 1.04 bits per heavy atom. The van der Waals surface area contributed by atoms with Crippen molar-refractivity contribution in [1.29, 1.82) is 0 Å². The fourth-order valence-corrected chi connectivity index (χ4v) is 2.90. The molecule has 1 aliphatic rings. The van der Waals surface area contributed by atoms with Gasteiger partial charge in [-0.1, -0.05) is 0 Å². The topological polar surface area (TPSA) is 67.6 Å². The van der Waals surface area contributed by atoms with E-state index in [2.05, 4.69) is 49.5 Å². The summed E-state index contributed by atoms with van der Waals surface area (Å²) in [6, 6.07) is 10.4. The molecule has 3 heterocycles. The zero-order valence-electron chi connectivity index (χ0n) is 13.9. The van der Waals surface area contributed by atoms with Gasteiger partial charge in [0.15, 0.2) is 0 Å². The quantitative estimate of drug-likeness (QED) is 0.797. The van der Waals surface area contributed by atoms with Crippen LogP contribution in [0.25, 0.3) is 5.78 Å². The summed E-state index contributed by atoms with van der Waals surface area (Å²) in [6.07, 6.45) is 0. The molecular weight excluding hydrogens is 304 g/mol. The Morgan fingerprint density at radius 2 is 1.79 bits per heavy atom. The van der Waals surface area contributed by atoms with Crippen molar-refractivity contribution in [2.24, 2.45) is 0 Å². The van der Waals surface area contributed by atoms with E-state index >= 15 is 0 Å². The molecule has 7 nitrogen and oxygen atoms in total. The van der Waals surface area contributed by atoms with Crippen LogP contribution in [0.2, 0.25) is 0 Å². The van der Waals surface area contributed by atoms with Gasteiger partial charge in [0.25, 0.3) is 5.78 Å². The van der Waals surface area contributed by atoms with Gasteiger partial charge in [0, 0.05) is 36.2 Å². The molecule has 1 fully saturated rings. The average molecular weight is 324 g/mol. The molecule has 0 bridgehead atoms. The largest absolute Gasteiger partial charge is 0.378 e. The maximum absolute atomic E-state index is 5.40. The van der Waals surface area contributed by atoms with Gasteiger partial charge in [0.2, 0.25) is 0 Å². The molecule has 3 aromatic rings. The van der Waals surface area contributed by atoms with Crippen LogP contribution in [-0.4, -0.2) is 45.9 Å². The summed E-state index contributed by atoms with van der Waals surface area (Å²) in [6.45, 7) is 7.28. The first kappa shape index (κ1) is 14.9. The Kier molecular flexibility index (Phi) is 3.78. The molecule has 1 aromatic carbocycles. The predicted octanol–water partition coefficient (Wildman–Crippen LogP) is 2.32. The van der Waals surface area contributed by atoms with E-state index in [1.165, 1.54) is 5.69 Å². The number of benzene rings is 1. The van der Waals surface area contributed by atoms with Gasteiger partial charge >= 0.3 is 0 Å². The standard InChI is InChI=1S/C17H20N6O/c1-12-11-16(23-17(18-12)19-13(2)21-23)20-14-3-5-15(6-4-14)22-7-9-24-10-8-22/h3-6,11,20H,7-10H2,1-2H3. The molecule has 24 heavy (non-hydrogen) atoms. The van der Waals surface area contributed by atoms with Crippen LogP contribution in [0.5, 0.6) is 0 Å². The fraction of sp³-hybridized carbons (Fsp3) is 0.353. The number of fused-ring (bicyclic) bond motifs is 1. The Balaban J connectivity index is 1.59. The van der Waals surface area contributed by atoms with Crippen molar-refractivity contribution in [1.82, 2.24) is 19.6 Å². The van der Waals surface area contributed by atoms with E-state index in [1.54, 1.807) is 4.52 Å². The molecule has 0 aliphatic carbocycles. The summed E-state index contributed by atoms with van der Waals surface area (Å²) < 4.78 is 7.14. The Hall–Kier alpha value is -2.67. The molecule has 4 rings (SSSR count). The molecule has 0 unspecified atom stereocenters. The summed E-state index contributed by atoms with van der Waals surface area (Å²) in [5.41, 5.74) is 3.13. The van der Waals surface area contributed by atoms with Crippen molar-refractivity contribution < 1.29 is 4.74 Å². The number of hydrogen-bond acceptors (Lipinski definition) is 6. The molecular formula is C17H20N6O. The molecule has 1 N–H and O–H groups in total. The van der Waals surface area contributed by atoms with Gasteiger partial charge in [-0.15, -0.1) is 5.10 Å². The highest BCUT2D eigenvalue weighted by molar-refractivity contribution is 5.62. The first-order valence-electron chi connectivity index (χ1n) is 8.10. The number of aryl methyl sites for hydroxylation is 2. The second kappa shape index (κ2) is 6.09. The minimum Gasteiger partial charge on any atom is -0.378 e. The first-order valence-corrected chi connectivity index (χ1v) is 8.10. The molecule has 1 saturated heterocycles. The van der Waals surface area contributed by atoms with E-state index in [-0.39, 0.29) is 0 Å². The first-order chi connectivity index (χ1) is 11.7.